The van der Waals surface area contributed by atoms with Crippen molar-refractivity contribution in [3.63, 3.8) is 0 Å². The van der Waals surface area contributed by atoms with E-state index in [0.29, 0.717) is 17.0 Å². The van der Waals surface area contributed by atoms with Gasteiger partial charge in [0.05, 0.1) is 0 Å². The number of fused-ring (bicyclic) bond motifs is 1. The van der Waals surface area contributed by atoms with E-state index in [1.807, 2.05) is 26.2 Å². The van der Waals surface area contributed by atoms with Crippen molar-refractivity contribution in [2.45, 2.75) is 0 Å². The standard InChI is InChI=1S/C17H19FN4O/c1-22(2)8-7-19-16-10-14(13-5-6-20-17(13)21-16)12-4-3-11(23)9-15(12)18/h3-6,9-10,23H,7-8H2,1-2H3,(H2,19,20,21). The Balaban J connectivity index is 2.02. The number of pyridine rings is 1. The van der Waals surface area contributed by atoms with E-state index in [0.717, 1.165) is 30.1 Å². The van der Waals surface area contributed by atoms with Gasteiger partial charge in [0.25, 0.3) is 0 Å². The zero-order valence-electron chi connectivity index (χ0n) is 13.1. The van der Waals surface area contributed by atoms with Gasteiger partial charge in [-0.05, 0) is 43.9 Å². The minimum Gasteiger partial charge on any atom is -0.508 e. The van der Waals surface area contributed by atoms with Crippen molar-refractivity contribution in [2.24, 2.45) is 0 Å². The molecule has 0 bridgehead atoms. The zero-order valence-corrected chi connectivity index (χ0v) is 13.1. The molecule has 23 heavy (non-hydrogen) atoms. The summed E-state index contributed by atoms with van der Waals surface area (Å²) in [5, 5.41) is 13.5. The smallest absolute Gasteiger partial charge is 0.140 e. The maximum atomic E-state index is 14.2. The highest BCUT2D eigenvalue weighted by Crippen LogP contribution is 2.32. The molecule has 0 spiro atoms. The van der Waals surface area contributed by atoms with E-state index in [-0.39, 0.29) is 5.75 Å². The summed E-state index contributed by atoms with van der Waals surface area (Å²) in [5.74, 6) is 0.136. The predicted octanol–water partition coefficient (Wildman–Crippen LogP) is 3.05. The molecule has 2 heterocycles. The summed E-state index contributed by atoms with van der Waals surface area (Å²) in [7, 11) is 4.00. The molecule has 3 rings (SSSR count). The van der Waals surface area contributed by atoms with E-state index >= 15 is 0 Å². The van der Waals surface area contributed by atoms with E-state index in [2.05, 4.69) is 20.2 Å². The van der Waals surface area contributed by atoms with Crippen LogP contribution in [0.2, 0.25) is 0 Å². The second-order valence-corrected chi connectivity index (χ2v) is 5.69. The van der Waals surface area contributed by atoms with Crippen molar-refractivity contribution >= 4 is 16.9 Å². The third kappa shape index (κ3) is 3.27. The first-order chi connectivity index (χ1) is 11.0. The van der Waals surface area contributed by atoms with E-state index < -0.39 is 5.82 Å². The Morgan fingerprint density at radius 2 is 2.04 bits per heavy atom. The number of phenolic OH excluding ortho intramolecular Hbond substituents is 1. The lowest BCUT2D eigenvalue weighted by Gasteiger charge is -2.13. The molecule has 0 saturated heterocycles. The van der Waals surface area contributed by atoms with E-state index in [4.69, 9.17) is 0 Å². The number of aromatic amines is 1. The van der Waals surface area contributed by atoms with Crippen molar-refractivity contribution in [3.05, 3.63) is 42.3 Å². The summed E-state index contributed by atoms with van der Waals surface area (Å²) < 4.78 is 14.2. The van der Waals surface area contributed by atoms with Gasteiger partial charge in [0.2, 0.25) is 0 Å². The molecule has 120 valence electrons. The number of phenols is 1. The Kier molecular flexibility index (Phi) is 4.16. The van der Waals surface area contributed by atoms with Crippen LogP contribution in [-0.4, -0.2) is 47.2 Å². The molecule has 0 fully saturated rings. The second-order valence-electron chi connectivity index (χ2n) is 5.69. The van der Waals surface area contributed by atoms with E-state index in [1.54, 1.807) is 12.3 Å². The Morgan fingerprint density at radius 1 is 1.22 bits per heavy atom. The molecular weight excluding hydrogens is 295 g/mol. The fourth-order valence-corrected chi connectivity index (χ4v) is 2.48. The highest BCUT2D eigenvalue weighted by Gasteiger charge is 2.13. The molecular formula is C17H19FN4O. The summed E-state index contributed by atoms with van der Waals surface area (Å²) in [6, 6.07) is 7.88. The molecule has 0 aliphatic carbocycles. The number of aromatic nitrogens is 2. The maximum Gasteiger partial charge on any atom is 0.140 e. The largest absolute Gasteiger partial charge is 0.508 e. The zero-order chi connectivity index (χ0) is 16.4. The van der Waals surface area contributed by atoms with Gasteiger partial charge in [0.1, 0.15) is 23.0 Å². The third-order valence-electron chi connectivity index (χ3n) is 3.64. The number of nitrogens with zero attached hydrogens (tertiary/aromatic N) is 2. The van der Waals surface area contributed by atoms with Crippen LogP contribution in [0.4, 0.5) is 10.2 Å². The van der Waals surface area contributed by atoms with Gasteiger partial charge in [0, 0.05) is 36.3 Å². The lowest BCUT2D eigenvalue weighted by molar-refractivity contribution is 0.425. The van der Waals surface area contributed by atoms with Gasteiger partial charge in [-0.25, -0.2) is 9.37 Å². The number of likely N-dealkylation sites (N-methyl/N-ethyl adjacent to an activating group) is 1. The molecule has 1 aromatic carbocycles. The van der Waals surface area contributed by atoms with Crippen LogP contribution >= 0.6 is 0 Å². The first kappa shape index (κ1) is 15.3. The van der Waals surface area contributed by atoms with Crippen molar-refractivity contribution in [3.8, 4) is 16.9 Å². The molecule has 2 aromatic heterocycles. The lowest BCUT2D eigenvalue weighted by Crippen LogP contribution is -2.21. The Labute approximate surface area is 133 Å². The number of rotatable bonds is 5. The van der Waals surface area contributed by atoms with Crippen molar-refractivity contribution in [1.29, 1.82) is 0 Å². The molecule has 0 amide bonds. The molecule has 6 heteroatoms. The van der Waals surface area contributed by atoms with Crippen molar-refractivity contribution < 1.29 is 9.50 Å². The molecule has 0 aliphatic heterocycles. The normalized spacial score (nSPS) is 11.3. The van der Waals surface area contributed by atoms with Crippen LogP contribution in [-0.2, 0) is 0 Å². The summed E-state index contributed by atoms with van der Waals surface area (Å²) in [4.78, 5) is 9.65. The summed E-state index contributed by atoms with van der Waals surface area (Å²) >= 11 is 0. The van der Waals surface area contributed by atoms with Gasteiger partial charge < -0.3 is 20.3 Å². The SMILES string of the molecule is CN(C)CCNc1cc(-c2ccc(O)cc2F)c2cc[nH]c2n1. The molecule has 3 aromatic rings. The van der Waals surface area contributed by atoms with Crippen LogP contribution in [0.3, 0.4) is 0 Å². The highest BCUT2D eigenvalue weighted by atomic mass is 19.1. The molecule has 0 aliphatic rings. The molecule has 0 unspecified atom stereocenters. The number of hydrogen-bond donors (Lipinski definition) is 3. The number of benzene rings is 1. The van der Waals surface area contributed by atoms with Crippen LogP contribution in [0.15, 0.2) is 36.5 Å². The van der Waals surface area contributed by atoms with Crippen LogP contribution in [0.1, 0.15) is 0 Å². The average molecular weight is 314 g/mol. The Hall–Kier alpha value is -2.60. The third-order valence-corrected chi connectivity index (χ3v) is 3.64. The Bertz CT molecular complexity index is 829. The minimum absolute atomic E-state index is 0.0880. The summed E-state index contributed by atoms with van der Waals surface area (Å²) in [5.41, 5.74) is 1.87. The number of H-pyrrole nitrogens is 1. The van der Waals surface area contributed by atoms with Crippen LogP contribution in [0, 0.1) is 5.82 Å². The van der Waals surface area contributed by atoms with E-state index in [9.17, 15) is 9.50 Å². The molecule has 3 N–H and O–H groups in total. The van der Waals surface area contributed by atoms with Crippen LogP contribution in [0.5, 0.6) is 5.75 Å². The summed E-state index contributed by atoms with van der Waals surface area (Å²) in [6.45, 7) is 1.61. The topological polar surface area (TPSA) is 64.2 Å². The van der Waals surface area contributed by atoms with Gasteiger partial charge in [0.15, 0.2) is 0 Å². The lowest BCUT2D eigenvalue weighted by atomic mass is 10.0. The maximum absolute atomic E-state index is 14.2. The van der Waals surface area contributed by atoms with Crippen molar-refractivity contribution in [2.75, 3.05) is 32.5 Å². The van der Waals surface area contributed by atoms with E-state index in [1.165, 1.54) is 6.07 Å². The second kappa shape index (κ2) is 6.26. The van der Waals surface area contributed by atoms with Crippen LogP contribution < -0.4 is 5.32 Å². The average Bonchev–Trinajstić information content (AvgIpc) is 2.94. The molecule has 0 radical (unpaired) electrons. The first-order valence-electron chi connectivity index (χ1n) is 7.40. The monoisotopic (exact) mass is 314 g/mol. The van der Waals surface area contributed by atoms with Crippen molar-refractivity contribution in [1.82, 2.24) is 14.9 Å². The minimum atomic E-state index is -0.460. The fraction of sp³-hybridized carbons (Fsp3) is 0.235. The predicted molar refractivity (Wildman–Crippen MR) is 90.2 cm³/mol. The summed E-state index contributed by atoms with van der Waals surface area (Å²) in [6.07, 6.45) is 1.78. The number of anilines is 1. The number of nitrogens with one attached hydrogen (secondary N) is 2. The van der Waals surface area contributed by atoms with Gasteiger partial charge in [-0.15, -0.1) is 0 Å². The number of halogens is 1. The number of aromatic hydroxyl groups is 1. The van der Waals surface area contributed by atoms with Gasteiger partial charge >= 0.3 is 0 Å². The Morgan fingerprint density at radius 3 is 2.78 bits per heavy atom. The molecule has 0 saturated carbocycles. The number of hydrogen-bond acceptors (Lipinski definition) is 4. The fourth-order valence-electron chi connectivity index (χ4n) is 2.48. The quantitative estimate of drug-likeness (QED) is 0.677. The van der Waals surface area contributed by atoms with Gasteiger partial charge in [-0.1, -0.05) is 0 Å². The first-order valence-corrected chi connectivity index (χ1v) is 7.40. The van der Waals surface area contributed by atoms with Gasteiger partial charge in [-0.2, -0.15) is 0 Å². The molecule has 5 nitrogen and oxygen atoms in total. The molecule has 0 atom stereocenters. The van der Waals surface area contributed by atoms with Crippen LogP contribution in [0.25, 0.3) is 22.2 Å². The van der Waals surface area contributed by atoms with Gasteiger partial charge in [-0.3, -0.25) is 0 Å². The highest BCUT2D eigenvalue weighted by molar-refractivity contribution is 5.94.